The first-order valence-corrected chi connectivity index (χ1v) is 8.09. The van der Waals surface area contributed by atoms with Gasteiger partial charge in [0.2, 0.25) is 0 Å². The summed E-state index contributed by atoms with van der Waals surface area (Å²) in [6.45, 7) is 3.21. The first-order valence-electron chi connectivity index (χ1n) is 8.09. The highest BCUT2D eigenvalue weighted by molar-refractivity contribution is 5.97. The van der Waals surface area contributed by atoms with Crippen LogP contribution in [-0.4, -0.2) is 43.6 Å². The molecule has 3 heterocycles. The predicted octanol–water partition coefficient (Wildman–Crippen LogP) is 3.09. The highest BCUT2D eigenvalue weighted by atomic mass is 19.3. The Morgan fingerprint density at radius 1 is 1.40 bits per heavy atom. The normalized spacial score (nSPS) is 17.8. The fraction of sp³-hybridized carbons (Fsp3) is 0.353. The number of amides is 1. The molecule has 0 aliphatic carbocycles. The number of H-pyrrole nitrogens is 1. The lowest BCUT2D eigenvalue weighted by Crippen LogP contribution is -2.29. The number of aromatic nitrogens is 4. The van der Waals surface area contributed by atoms with E-state index in [-0.39, 0.29) is 17.8 Å². The molecule has 0 bridgehead atoms. The van der Waals surface area contributed by atoms with Crippen molar-refractivity contribution in [1.29, 1.82) is 0 Å². The maximum Gasteiger partial charge on any atom is 0.295 e. The van der Waals surface area contributed by atoms with Gasteiger partial charge in [0.25, 0.3) is 12.3 Å². The molecule has 6 nitrogen and oxygen atoms in total. The summed E-state index contributed by atoms with van der Waals surface area (Å²) < 4.78 is 27.4. The van der Waals surface area contributed by atoms with Gasteiger partial charge in [0.15, 0.2) is 5.82 Å². The molecule has 1 unspecified atom stereocenters. The average Bonchev–Trinajstić information content (AvgIpc) is 3.31. The molecular formula is C17H17F2N5O. The lowest BCUT2D eigenvalue weighted by molar-refractivity contribution is 0.0787. The van der Waals surface area contributed by atoms with E-state index in [0.29, 0.717) is 29.7 Å². The molecule has 130 valence electrons. The summed E-state index contributed by atoms with van der Waals surface area (Å²) in [6, 6.07) is 4.97. The van der Waals surface area contributed by atoms with E-state index in [4.69, 9.17) is 0 Å². The summed E-state index contributed by atoms with van der Waals surface area (Å²) >= 11 is 0. The van der Waals surface area contributed by atoms with E-state index in [1.54, 1.807) is 29.3 Å². The van der Waals surface area contributed by atoms with Gasteiger partial charge in [-0.3, -0.25) is 9.48 Å². The van der Waals surface area contributed by atoms with Gasteiger partial charge in [-0.05, 0) is 37.1 Å². The number of hydrogen-bond donors (Lipinski definition) is 1. The van der Waals surface area contributed by atoms with Gasteiger partial charge in [-0.15, -0.1) is 0 Å². The SMILES string of the molecule is Cc1cnn(C2CCN(C(=O)c3ccc4nc(C(F)F)[nH]c4c3)C2)c1. The molecular weight excluding hydrogens is 328 g/mol. The molecule has 1 fully saturated rings. The molecule has 0 spiro atoms. The van der Waals surface area contributed by atoms with E-state index in [1.807, 2.05) is 17.8 Å². The van der Waals surface area contributed by atoms with Gasteiger partial charge < -0.3 is 9.88 Å². The van der Waals surface area contributed by atoms with Gasteiger partial charge in [0.05, 0.1) is 23.3 Å². The minimum absolute atomic E-state index is 0.110. The summed E-state index contributed by atoms with van der Waals surface area (Å²) in [4.78, 5) is 20.9. The highest BCUT2D eigenvalue weighted by Gasteiger charge is 2.28. The predicted molar refractivity (Wildman–Crippen MR) is 87.6 cm³/mol. The number of imidazole rings is 1. The first-order chi connectivity index (χ1) is 12.0. The molecule has 1 aliphatic heterocycles. The van der Waals surface area contributed by atoms with Crippen molar-refractivity contribution in [2.24, 2.45) is 0 Å². The molecule has 0 radical (unpaired) electrons. The Kier molecular flexibility index (Phi) is 3.74. The number of rotatable bonds is 3. The number of nitrogens with one attached hydrogen (secondary N) is 1. The number of hydrogen-bond acceptors (Lipinski definition) is 3. The van der Waals surface area contributed by atoms with Crippen LogP contribution in [0.4, 0.5) is 8.78 Å². The Bertz CT molecular complexity index is 932. The van der Waals surface area contributed by atoms with Crippen molar-refractivity contribution in [3.05, 3.63) is 47.5 Å². The zero-order valence-electron chi connectivity index (χ0n) is 13.6. The molecule has 2 aromatic heterocycles. The lowest BCUT2D eigenvalue weighted by atomic mass is 10.2. The molecule has 1 aromatic carbocycles. The van der Waals surface area contributed by atoms with E-state index >= 15 is 0 Å². The first kappa shape index (κ1) is 15.7. The number of alkyl halides is 2. The van der Waals surface area contributed by atoms with Crippen LogP contribution in [0.3, 0.4) is 0 Å². The fourth-order valence-corrected chi connectivity index (χ4v) is 3.22. The molecule has 25 heavy (non-hydrogen) atoms. The molecule has 1 atom stereocenters. The number of fused-ring (bicyclic) bond motifs is 1. The molecule has 1 saturated heterocycles. The van der Waals surface area contributed by atoms with Crippen molar-refractivity contribution < 1.29 is 13.6 Å². The Morgan fingerprint density at radius 2 is 2.24 bits per heavy atom. The second-order valence-corrected chi connectivity index (χ2v) is 6.35. The number of aryl methyl sites for hydroxylation is 1. The molecule has 4 rings (SSSR count). The van der Waals surface area contributed by atoms with Crippen molar-refractivity contribution in [3.8, 4) is 0 Å². The lowest BCUT2D eigenvalue weighted by Gasteiger charge is -2.16. The van der Waals surface area contributed by atoms with Crippen molar-refractivity contribution in [2.45, 2.75) is 25.8 Å². The summed E-state index contributed by atoms with van der Waals surface area (Å²) in [5.74, 6) is -0.489. The van der Waals surface area contributed by atoms with Crippen molar-refractivity contribution in [2.75, 3.05) is 13.1 Å². The summed E-state index contributed by atoms with van der Waals surface area (Å²) in [6.07, 6.45) is 1.95. The summed E-state index contributed by atoms with van der Waals surface area (Å²) in [5, 5.41) is 4.32. The third-order valence-corrected chi connectivity index (χ3v) is 4.51. The quantitative estimate of drug-likeness (QED) is 0.793. The number of likely N-dealkylation sites (tertiary alicyclic amines) is 1. The van der Waals surface area contributed by atoms with Crippen LogP contribution in [0.25, 0.3) is 11.0 Å². The van der Waals surface area contributed by atoms with E-state index in [0.717, 1.165) is 12.0 Å². The van der Waals surface area contributed by atoms with Crippen LogP contribution in [0, 0.1) is 6.92 Å². The maximum absolute atomic E-state index is 12.7. The van der Waals surface area contributed by atoms with Gasteiger partial charge in [-0.1, -0.05) is 0 Å². The van der Waals surface area contributed by atoms with E-state index < -0.39 is 6.43 Å². The fourth-order valence-electron chi connectivity index (χ4n) is 3.22. The Balaban J connectivity index is 1.53. The van der Waals surface area contributed by atoms with Crippen molar-refractivity contribution in [1.82, 2.24) is 24.6 Å². The van der Waals surface area contributed by atoms with Gasteiger partial charge in [-0.25, -0.2) is 13.8 Å². The second kappa shape index (κ2) is 5.94. The van der Waals surface area contributed by atoms with Crippen LogP contribution in [0.5, 0.6) is 0 Å². The summed E-state index contributed by atoms with van der Waals surface area (Å²) in [7, 11) is 0. The smallest absolute Gasteiger partial charge is 0.295 e. The number of benzene rings is 1. The number of halogens is 2. The second-order valence-electron chi connectivity index (χ2n) is 6.35. The molecule has 0 saturated carbocycles. The zero-order chi connectivity index (χ0) is 17.6. The van der Waals surface area contributed by atoms with Crippen molar-refractivity contribution >= 4 is 16.9 Å². The highest BCUT2D eigenvalue weighted by Crippen LogP contribution is 2.25. The minimum Gasteiger partial charge on any atom is -0.337 e. The van der Waals surface area contributed by atoms with Crippen LogP contribution >= 0.6 is 0 Å². The van der Waals surface area contributed by atoms with Crippen LogP contribution in [-0.2, 0) is 0 Å². The molecule has 1 N–H and O–H groups in total. The Morgan fingerprint density at radius 3 is 2.96 bits per heavy atom. The van der Waals surface area contributed by atoms with Crippen LogP contribution in [0.2, 0.25) is 0 Å². The molecule has 1 amide bonds. The van der Waals surface area contributed by atoms with E-state index in [2.05, 4.69) is 15.1 Å². The molecule has 1 aliphatic rings. The Hall–Kier alpha value is -2.77. The minimum atomic E-state index is -2.66. The van der Waals surface area contributed by atoms with Gasteiger partial charge in [0, 0.05) is 24.8 Å². The average molecular weight is 345 g/mol. The maximum atomic E-state index is 12.7. The molecule has 3 aromatic rings. The zero-order valence-corrected chi connectivity index (χ0v) is 13.6. The monoisotopic (exact) mass is 345 g/mol. The number of aromatic amines is 1. The third-order valence-electron chi connectivity index (χ3n) is 4.51. The van der Waals surface area contributed by atoms with Crippen molar-refractivity contribution in [3.63, 3.8) is 0 Å². The van der Waals surface area contributed by atoms with Crippen LogP contribution < -0.4 is 0 Å². The summed E-state index contributed by atoms with van der Waals surface area (Å²) in [5.41, 5.74) is 2.43. The van der Waals surface area contributed by atoms with Gasteiger partial charge in [0.1, 0.15) is 0 Å². The van der Waals surface area contributed by atoms with Gasteiger partial charge in [-0.2, -0.15) is 5.10 Å². The topological polar surface area (TPSA) is 66.8 Å². The standard InChI is InChI=1S/C17H17F2N5O/c1-10-7-20-24(8-10)12-4-5-23(9-12)17(25)11-2-3-13-14(6-11)22-16(21-13)15(18)19/h2-3,6-8,12,15H,4-5,9H2,1H3,(H,21,22). The third kappa shape index (κ3) is 2.88. The van der Waals surface area contributed by atoms with E-state index in [9.17, 15) is 13.6 Å². The largest absolute Gasteiger partial charge is 0.337 e. The van der Waals surface area contributed by atoms with Crippen LogP contribution in [0.1, 0.15) is 40.6 Å². The number of carbonyl (C=O) groups excluding carboxylic acids is 1. The molecule has 8 heteroatoms. The number of nitrogens with zero attached hydrogens (tertiary/aromatic N) is 4. The van der Waals surface area contributed by atoms with E-state index in [1.165, 1.54) is 0 Å². The van der Waals surface area contributed by atoms with Crippen LogP contribution in [0.15, 0.2) is 30.6 Å². The Labute approximate surface area is 142 Å². The number of carbonyl (C=O) groups is 1. The van der Waals surface area contributed by atoms with Gasteiger partial charge >= 0.3 is 0 Å².